The van der Waals surface area contributed by atoms with E-state index in [1.807, 2.05) is 18.7 Å². The van der Waals surface area contributed by atoms with Gasteiger partial charge in [0, 0.05) is 31.2 Å². The molecule has 1 saturated heterocycles. The Bertz CT molecular complexity index is 450. The zero-order valence-electron chi connectivity index (χ0n) is 12.1. The molecule has 19 heavy (non-hydrogen) atoms. The summed E-state index contributed by atoms with van der Waals surface area (Å²) in [5.74, 6) is 0.179. The minimum atomic E-state index is 0. The summed E-state index contributed by atoms with van der Waals surface area (Å²) in [5.41, 5.74) is 4.28. The summed E-state index contributed by atoms with van der Waals surface area (Å²) in [5, 5.41) is 3.36. The molecule has 1 aromatic rings. The molecule has 1 aliphatic rings. The van der Waals surface area contributed by atoms with E-state index < -0.39 is 0 Å². The zero-order valence-corrected chi connectivity index (χ0v) is 12.9. The number of piperazine rings is 1. The van der Waals surface area contributed by atoms with Gasteiger partial charge in [-0.05, 0) is 38.8 Å². The molecule has 106 valence electrons. The average Bonchev–Trinajstić information content (AvgIpc) is 2.27. The lowest BCUT2D eigenvalue weighted by Gasteiger charge is -2.32. The molecule has 4 heteroatoms. The molecule has 0 radical (unpaired) electrons. The highest BCUT2D eigenvalue weighted by atomic mass is 35.5. The summed E-state index contributed by atoms with van der Waals surface area (Å²) in [6.45, 7) is 10.7. The number of hydrogen-bond donors (Lipinski definition) is 1. The molecule has 1 aromatic carbocycles. The summed E-state index contributed by atoms with van der Waals surface area (Å²) in [4.78, 5) is 14.6. The van der Waals surface area contributed by atoms with Crippen molar-refractivity contribution < 1.29 is 4.79 Å². The van der Waals surface area contributed by atoms with Crippen molar-refractivity contribution in [2.75, 3.05) is 19.6 Å². The molecule has 1 heterocycles. The number of halogens is 1. The maximum absolute atomic E-state index is 12.6. The third-order valence-electron chi connectivity index (χ3n) is 3.55. The Morgan fingerprint density at radius 3 is 2.37 bits per heavy atom. The maximum atomic E-state index is 12.6. The van der Waals surface area contributed by atoms with Crippen molar-refractivity contribution in [3.63, 3.8) is 0 Å². The predicted octanol–water partition coefficient (Wildman–Crippen LogP) is 2.47. The molecule has 1 N–H and O–H groups in total. The molecule has 0 spiro atoms. The quantitative estimate of drug-likeness (QED) is 0.858. The van der Waals surface area contributed by atoms with E-state index in [0.717, 1.165) is 36.3 Å². The summed E-state index contributed by atoms with van der Waals surface area (Å²) in [7, 11) is 0. The standard InChI is InChI=1S/C15H22N2O.ClH/c1-10-7-11(2)14(12(3)8-10)15(18)17-6-5-16-13(4)9-17;/h7-8,13,16H,5-6,9H2,1-4H3;1H. The number of rotatable bonds is 1. The van der Waals surface area contributed by atoms with Gasteiger partial charge in [0.05, 0.1) is 0 Å². The van der Waals surface area contributed by atoms with Crippen LogP contribution >= 0.6 is 12.4 Å². The van der Waals surface area contributed by atoms with Crippen LogP contribution in [-0.4, -0.2) is 36.5 Å². The molecular formula is C15H23ClN2O. The Kier molecular flexibility index (Phi) is 5.39. The minimum Gasteiger partial charge on any atom is -0.336 e. The number of hydrogen-bond acceptors (Lipinski definition) is 2. The normalized spacial score (nSPS) is 18.9. The molecule has 1 fully saturated rings. The Morgan fingerprint density at radius 1 is 1.26 bits per heavy atom. The van der Waals surface area contributed by atoms with Crippen LogP contribution < -0.4 is 5.32 Å². The van der Waals surface area contributed by atoms with E-state index in [-0.39, 0.29) is 18.3 Å². The average molecular weight is 283 g/mol. The Labute approximate surface area is 121 Å². The van der Waals surface area contributed by atoms with Crippen LogP contribution in [0.5, 0.6) is 0 Å². The van der Waals surface area contributed by atoms with Crippen LogP contribution in [0.25, 0.3) is 0 Å². The van der Waals surface area contributed by atoms with Gasteiger partial charge >= 0.3 is 0 Å². The van der Waals surface area contributed by atoms with Crippen LogP contribution in [0.1, 0.15) is 34.0 Å². The lowest BCUT2D eigenvalue weighted by molar-refractivity contribution is 0.0707. The highest BCUT2D eigenvalue weighted by molar-refractivity contribution is 5.97. The second kappa shape index (κ2) is 6.40. The van der Waals surface area contributed by atoms with Gasteiger partial charge < -0.3 is 10.2 Å². The zero-order chi connectivity index (χ0) is 13.3. The van der Waals surface area contributed by atoms with E-state index in [1.165, 1.54) is 5.56 Å². The van der Waals surface area contributed by atoms with Crippen molar-refractivity contribution in [1.29, 1.82) is 0 Å². The minimum absolute atomic E-state index is 0. The number of carbonyl (C=O) groups is 1. The van der Waals surface area contributed by atoms with E-state index in [1.54, 1.807) is 0 Å². The van der Waals surface area contributed by atoms with Crippen LogP contribution in [-0.2, 0) is 0 Å². The smallest absolute Gasteiger partial charge is 0.254 e. The van der Waals surface area contributed by atoms with Gasteiger partial charge in [0.2, 0.25) is 0 Å². The highest BCUT2D eigenvalue weighted by Crippen LogP contribution is 2.19. The molecule has 1 unspecified atom stereocenters. The van der Waals surface area contributed by atoms with Crippen molar-refractivity contribution in [1.82, 2.24) is 10.2 Å². The first-order valence-corrected chi connectivity index (χ1v) is 6.59. The third-order valence-corrected chi connectivity index (χ3v) is 3.55. The first-order valence-electron chi connectivity index (χ1n) is 6.59. The van der Waals surface area contributed by atoms with Gasteiger partial charge in [-0.3, -0.25) is 4.79 Å². The third kappa shape index (κ3) is 3.48. The molecule has 0 aliphatic carbocycles. The van der Waals surface area contributed by atoms with E-state index in [4.69, 9.17) is 0 Å². The van der Waals surface area contributed by atoms with Crippen LogP contribution in [0.15, 0.2) is 12.1 Å². The first kappa shape index (κ1) is 16.0. The predicted molar refractivity (Wildman–Crippen MR) is 81.3 cm³/mol. The number of aryl methyl sites for hydroxylation is 3. The van der Waals surface area contributed by atoms with Crippen molar-refractivity contribution >= 4 is 18.3 Å². The molecular weight excluding hydrogens is 260 g/mol. The molecule has 0 aromatic heterocycles. The number of benzene rings is 1. The van der Waals surface area contributed by atoms with Crippen LogP contribution in [0.2, 0.25) is 0 Å². The Hall–Kier alpha value is -1.06. The van der Waals surface area contributed by atoms with Gasteiger partial charge in [-0.25, -0.2) is 0 Å². The Morgan fingerprint density at radius 2 is 1.84 bits per heavy atom. The second-order valence-corrected chi connectivity index (χ2v) is 5.38. The monoisotopic (exact) mass is 282 g/mol. The first-order chi connectivity index (χ1) is 8.49. The number of carbonyl (C=O) groups excluding carboxylic acids is 1. The summed E-state index contributed by atoms with van der Waals surface area (Å²) in [6, 6.07) is 4.56. The largest absolute Gasteiger partial charge is 0.336 e. The van der Waals surface area contributed by atoms with Crippen molar-refractivity contribution in [2.24, 2.45) is 0 Å². The summed E-state index contributed by atoms with van der Waals surface area (Å²) < 4.78 is 0. The summed E-state index contributed by atoms with van der Waals surface area (Å²) >= 11 is 0. The van der Waals surface area contributed by atoms with Crippen LogP contribution in [0.3, 0.4) is 0 Å². The topological polar surface area (TPSA) is 32.3 Å². The van der Waals surface area contributed by atoms with E-state index >= 15 is 0 Å². The fourth-order valence-corrected chi connectivity index (χ4v) is 2.79. The molecule has 0 bridgehead atoms. The lowest BCUT2D eigenvalue weighted by Crippen LogP contribution is -2.51. The van der Waals surface area contributed by atoms with Gasteiger partial charge in [0.1, 0.15) is 0 Å². The SMILES string of the molecule is Cc1cc(C)c(C(=O)N2CCNC(C)C2)c(C)c1.Cl. The molecule has 2 rings (SSSR count). The van der Waals surface area contributed by atoms with Gasteiger partial charge in [0.15, 0.2) is 0 Å². The van der Waals surface area contributed by atoms with Gasteiger partial charge in [0.25, 0.3) is 5.91 Å². The molecule has 3 nitrogen and oxygen atoms in total. The van der Waals surface area contributed by atoms with E-state index in [2.05, 4.69) is 31.3 Å². The van der Waals surface area contributed by atoms with Gasteiger partial charge in [-0.1, -0.05) is 17.7 Å². The fourth-order valence-electron chi connectivity index (χ4n) is 2.79. The maximum Gasteiger partial charge on any atom is 0.254 e. The fraction of sp³-hybridized carbons (Fsp3) is 0.533. The van der Waals surface area contributed by atoms with Crippen LogP contribution in [0.4, 0.5) is 0 Å². The summed E-state index contributed by atoms with van der Waals surface area (Å²) in [6.07, 6.45) is 0. The van der Waals surface area contributed by atoms with Gasteiger partial charge in [-0.15, -0.1) is 12.4 Å². The van der Waals surface area contributed by atoms with Crippen molar-refractivity contribution in [2.45, 2.75) is 33.7 Å². The van der Waals surface area contributed by atoms with Crippen molar-refractivity contribution in [3.8, 4) is 0 Å². The number of nitrogens with zero attached hydrogens (tertiary/aromatic N) is 1. The van der Waals surface area contributed by atoms with Gasteiger partial charge in [-0.2, -0.15) is 0 Å². The van der Waals surface area contributed by atoms with Crippen molar-refractivity contribution in [3.05, 3.63) is 34.4 Å². The number of amides is 1. The van der Waals surface area contributed by atoms with E-state index in [0.29, 0.717) is 6.04 Å². The molecule has 1 amide bonds. The lowest BCUT2D eigenvalue weighted by atomic mass is 9.98. The van der Waals surface area contributed by atoms with Crippen LogP contribution in [0, 0.1) is 20.8 Å². The molecule has 1 aliphatic heterocycles. The Balaban J connectivity index is 0.00000180. The second-order valence-electron chi connectivity index (χ2n) is 5.38. The highest BCUT2D eigenvalue weighted by Gasteiger charge is 2.23. The number of nitrogens with one attached hydrogen (secondary N) is 1. The van der Waals surface area contributed by atoms with E-state index in [9.17, 15) is 4.79 Å². The molecule has 1 atom stereocenters. The molecule has 0 saturated carbocycles.